The highest BCUT2D eigenvalue weighted by Crippen LogP contribution is 2.32. The number of aliphatic hydroxyl groups is 2. The van der Waals surface area contributed by atoms with Gasteiger partial charge in [0.2, 0.25) is 0 Å². The van der Waals surface area contributed by atoms with E-state index in [0.717, 1.165) is 18.9 Å². The highest BCUT2D eigenvalue weighted by atomic mass is 28.4. The van der Waals surface area contributed by atoms with E-state index in [0.29, 0.717) is 11.2 Å². The molecule has 3 rings (SSSR count). The van der Waals surface area contributed by atoms with Gasteiger partial charge in [-0.05, 0) is 19.1 Å². The molecule has 0 unspecified atom stereocenters. The Bertz CT molecular complexity index is 755. The van der Waals surface area contributed by atoms with E-state index < -0.39 is 32.9 Å². The Hall–Kier alpha value is -1.59. The van der Waals surface area contributed by atoms with Gasteiger partial charge in [0.05, 0.1) is 12.9 Å². The Kier molecular flexibility index (Phi) is 5.58. The number of imidazole rings is 1. The monoisotopic (exact) mass is 381 g/mol. The maximum Gasteiger partial charge on any atom is 0.186 e. The summed E-state index contributed by atoms with van der Waals surface area (Å²) in [6.07, 6.45) is 1.49. The number of aliphatic hydroxyl groups excluding tert-OH is 2. The fourth-order valence-corrected chi connectivity index (χ4v) is 5.10. The van der Waals surface area contributed by atoms with Gasteiger partial charge in [-0.2, -0.15) is 0 Å². The van der Waals surface area contributed by atoms with Crippen LogP contribution in [0.2, 0.25) is 19.1 Å². The Labute approximate surface area is 153 Å². The molecule has 0 spiro atoms. The van der Waals surface area contributed by atoms with Crippen LogP contribution in [0.3, 0.4) is 0 Å². The van der Waals surface area contributed by atoms with Crippen molar-refractivity contribution in [1.29, 1.82) is 0 Å². The van der Waals surface area contributed by atoms with Gasteiger partial charge in [-0.15, -0.1) is 0 Å². The first kappa shape index (κ1) is 19.2. The van der Waals surface area contributed by atoms with E-state index in [1.807, 2.05) is 0 Å². The van der Waals surface area contributed by atoms with Crippen molar-refractivity contribution in [3.8, 4) is 0 Å². The number of ether oxygens (including phenoxy) is 1. The number of anilines is 1. The third kappa shape index (κ3) is 3.74. The molecule has 1 fully saturated rings. The summed E-state index contributed by atoms with van der Waals surface area (Å²) in [5.74, 6) is 0.255. The lowest BCUT2D eigenvalue weighted by Gasteiger charge is -2.25. The van der Waals surface area contributed by atoms with E-state index in [9.17, 15) is 10.2 Å². The predicted octanol–water partition coefficient (Wildman–Crippen LogP) is 1.05. The van der Waals surface area contributed by atoms with Crippen LogP contribution >= 0.6 is 0 Å². The molecule has 144 valence electrons. The van der Waals surface area contributed by atoms with Crippen molar-refractivity contribution in [3.63, 3.8) is 0 Å². The number of aromatic nitrogens is 4. The number of rotatable bonds is 7. The summed E-state index contributed by atoms with van der Waals surface area (Å²) in [6, 6.07) is 1.06. The van der Waals surface area contributed by atoms with Gasteiger partial charge in [0, 0.05) is 0 Å². The zero-order valence-corrected chi connectivity index (χ0v) is 16.4. The number of nitrogen functional groups attached to an aromatic ring is 1. The van der Waals surface area contributed by atoms with Gasteiger partial charge in [0.25, 0.3) is 0 Å². The number of nitrogens with zero attached hydrogens (tertiary/aromatic N) is 4. The van der Waals surface area contributed by atoms with Crippen molar-refractivity contribution in [2.45, 2.75) is 63.4 Å². The zero-order chi connectivity index (χ0) is 18.9. The standard InChI is InChI=1S/C16H27N5O4Si/c1-4-5-6-26(2,3)24-7-10-12(22)13(23)16(25-10)21-9-20-11-14(17)18-8-19-15(11)21/h8-10,12-13,16,22-23H,4-7H2,1-3H3,(H2,17,18,19)/t10-,12-,13-,16-/m1/s1. The molecule has 0 amide bonds. The molecule has 1 saturated heterocycles. The molecule has 3 heterocycles. The maximum atomic E-state index is 10.5. The fraction of sp³-hybridized carbons (Fsp3) is 0.688. The number of fused-ring (bicyclic) bond motifs is 1. The SMILES string of the molecule is CCCC[Si](C)(C)OC[C@H]1O[C@@H](n2cnc3c(N)ncnc32)[C@H](O)[C@@H]1O. The molecule has 0 bridgehead atoms. The minimum Gasteiger partial charge on any atom is -0.415 e. The van der Waals surface area contributed by atoms with Gasteiger partial charge < -0.3 is 25.1 Å². The Morgan fingerprint density at radius 1 is 1.27 bits per heavy atom. The molecule has 0 radical (unpaired) electrons. The van der Waals surface area contributed by atoms with Gasteiger partial charge in [-0.3, -0.25) is 4.57 Å². The fourth-order valence-electron chi connectivity index (χ4n) is 3.14. The smallest absolute Gasteiger partial charge is 0.186 e. The molecule has 9 nitrogen and oxygen atoms in total. The van der Waals surface area contributed by atoms with E-state index in [4.69, 9.17) is 14.9 Å². The van der Waals surface area contributed by atoms with Crippen LogP contribution in [0.1, 0.15) is 26.0 Å². The molecule has 4 atom stereocenters. The van der Waals surface area contributed by atoms with E-state index in [-0.39, 0.29) is 12.4 Å². The van der Waals surface area contributed by atoms with Gasteiger partial charge in [0.1, 0.15) is 30.2 Å². The average molecular weight is 382 g/mol. The lowest BCUT2D eigenvalue weighted by molar-refractivity contribution is -0.0486. The first-order valence-electron chi connectivity index (χ1n) is 8.92. The van der Waals surface area contributed by atoms with Crippen molar-refractivity contribution >= 4 is 25.3 Å². The third-order valence-electron chi connectivity index (χ3n) is 4.77. The molecule has 0 aromatic carbocycles. The molecule has 0 saturated carbocycles. The zero-order valence-electron chi connectivity index (χ0n) is 15.4. The second kappa shape index (κ2) is 7.57. The van der Waals surface area contributed by atoms with E-state index >= 15 is 0 Å². The third-order valence-corrected chi connectivity index (χ3v) is 7.27. The van der Waals surface area contributed by atoms with E-state index in [2.05, 4.69) is 35.0 Å². The van der Waals surface area contributed by atoms with Crippen LogP contribution in [-0.4, -0.2) is 63.0 Å². The molecule has 2 aromatic heterocycles. The molecule has 1 aliphatic heterocycles. The largest absolute Gasteiger partial charge is 0.415 e. The second-order valence-corrected chi connectivity index (χ2v) is 11.6. The molecule has 2 aromatic rings. The highest BCUT2D eigenvalue weighted by molar-refractivity contribution is 6.71. The normalized spacial score (nSPS) is 26.7. The maximum absolute atomic E-state index is 10.5. The van der Waals surface area contributed by atoms with Crippen LogP contribution in [0.4, 0.5) is 5.82 Å². The van der Waals surface area contributed by atoms with Crippen molar-refractivity contribution in [2.24, 2.45) is 0 Å². The molecule has 4 N–H and O–H groups in total. The second-order valence-electron chi connectivity index (χ2n) is 7.30. The Morgan fingerprint density at radius 3 is 2.77 bits per heavy atom. The molecule has 26 heavy (non-hydrogen) atoms. The summed E-state index contributed by atoms with van der Waals surface area (Å²) in [5.41, 5.74) is 6.69. The summed E-state index contributed by atoms with van der Waals surface area (Å²) in [6.45, 7) is 6.71. The van der Waals surface area contributed by atoms with Crippen molar-refractivity contribution in [3.05, 3.63) is 12.7 Å². The van der Waals surface area contributed by atoms with Crippen LogP contribution in [0.25, 0.3) is 11.2 Å². The van der Waals surface area contributed by atoms with Crippen molar-refractivity contribution in [2.75, 3.05) is 12.3 Å². The molecular weight excluding hydrogens is 354 g/mol. The predicted molar refractivity (Wildman–Crippen MR) is 98.8 cm³/mol. The molecule has 1 aliphatic rings. The van der Waals surface area contributed by atoms with Crippen molar-refractivity contribution < 1.29 is 19.4 Å². The van der Waals surface area contributed by atoms with Gasteiger partial charge in [-0.25, -0.2) is 15.0 Å². The number of hydrogen-bond acceptors (Lipinski definition) is 8. The number of hydrogen-bond donors (Lipinski definition) is 3. The first-order valence-corrected chi connectivity index (χ1v) is 12.0. The molecule has 0 aliphatic carbocycles. The minimum absolute atomic E-state index is 0.251. The van der Waals surface area contributed by atoms with Crippen LogP contribution in [0.5, 0.6) is 0 Å². The lowest BCUT2D eigenvalue weighted by atomic mass is 10.1. The van der Waals surface area contributed by atoms with E-state index in [1.54, 1.807) is 4.57 Å². The van der Waals surface area contributed by atoms with Crippen LogP contribution in [0.15, 0.2) is 12.7 Å². The van der Waals surface area contributed by atoms with E-state index in [1.165, 1.54) is 12.7 Å². The summed E-state index contributed by atoms with van der Waals surface area (Å²) < 4.78 is 13.5. The summed E-state index contributed by atoms with van der Waals surface area (Å²) in [5, 5.41) is 20.9. The quantitative estimate of drug-likeness (QED) is 0.607. The number of unbranched alkanes of at least 4 members (excludes halogenated alkanes) is 1. The average Bonchev–Trinajstić information content (AvgIpc) is 3.15. The summed E-state index contributed by atoms with van der Waals surface area (Å²) >= 11 is 0. The first-order chi connectivity index (χ1) is 12.3. The lowest BCUT2D eigenvalue weighted by Crippen LogP contribution is -2.39. The van der Waals surface area contributed by atoms with Crippen molar-refractivity contribution in [1.82, 2.24) is 19.5 Å². The molecule has 10 heteroatoms. The topological polar surface area (TPSA) is 129 Å². The van der Waals surface area contributed by atoms with Gasteiger partial charge in [0.15, 0.2) is 26.0 Å². The van der Waals surface area contributed by atoms with Gasteiger partial charge in [-0.1, -0.05) is 19.8 Å². The number of nitrogens with two attached hydrogens (primary N) is 1. The van der Waals surface area contributed by atoms with Gasteiger partial charge >= 0.3 is 0 Å². The summed E-state index contributed by atoms with van der Waals surface area (Å²) in [7, 11) is -1.81. The minimum atomic E-state index is -1.81. The Morgan fingerprint density at radius 2 is 2.04 bits per heavy atom. The summed E-state index contributed by atoms with van der Waals surface area (Å²) in [4.78, 5) is 12.2. The van der Waals surface area contributed by atoms with Crippen LogP contribution < -0.4 is 5.73 Å². The highest BCUT2D eigenvalue weighted by Gasteiger charge is 2.45. The Balaban J connectivity index is 1.72. The van der Waals surface area contributed by atoms with Crippen LogP contribution in [0, 0.1) is 0 Å². The van der Waals surface area contributed by atoms with Crippen LogP contribution in [-0.2, 0) is 9.16 Å². The molecular formula is C16H27N5O4Si.